The van der Waals surface area contributed by atoms with E-state index in [2.05, 4.69) is 34.0 Å². The van der Waals surface area contributed by atoms with Gasteiger partial charge in [-0.2, -0.15) is 5.10 Å². The van der Waals surface area contributed by atoms with Crippen LogP contribution >= 0.6 is 0 Å². The van der Waals surface area contributed by atoms with Crippen molar-refractivity contribution in [3.8, 4) is 0 Å². The molecule has 1 saturated carbocycles. The summed E-state index contributed by atoms with van der Waals surface area (Å²) < 4.78 is 2.23. The highest BCUT2D eigenvalue weighted by Gasteiger charge is 2.17. The van der Waals surface area contributed by atoms with Crippen molar-refractivity contribution in [2.75, 3.05) is 0 Å². The standard InChI is InChI=1S/C13H16N2/c1-2-7-12(8-3-1)15-13-9-5-4-6-11(13)10-14-15/h4-6,9-10,12H,1-3,7-8H2. The molecule has 0 atom stereocenters. The number of nitrogens with zero attached hydrogens (tertiary/aromatic N) is 2. The van der Waals surface area contributed by atoms with E-state index >= 15 is 0 Å². The normalized spacial score (nSPS) is 18.4. The minimum absolute atomic E-state index is 0.638. The highest BCUT2D eigenvalue weighted by atomic mass is 15.3. The molecule has 15 heavy (non-hydrogen) atoms. The number of benzene rings is 1. The Hall–Kier alpha value is -1.31. The van der Waals surface area contributed by atoms with Gasteiger partial charge in [-0.05, 0) is 18.9 Å². The van der Waals surface area contributed by atoms with Gasteiger partial charge in [0.1, 0.15) is 0 Å². The highest BCUT2D eigenvalue weighted by Crippen LogP contribution is 2.30. The van der Waals surface area contributed by atoms with Gasteiger partial charge in [0, 0.05) is 5.39 Å². The van der Waals surface area contributed by atoms with Gasteiger partial charge in [-0.3, -0.25) is 4.68 Å². The van der Waals surface area contributed by atoms with Crippen LogP contribution in [0, 0.1) is 0 Å². The summed E-state index contributed by atoms with van der Waals surface area (Å²) in [6.45, 7) is 0. The molecule has 0 bridgehead atoms. The molecule has 2 heteroatoms. The van der Waals surface area contributed by atoms with Crippen LogP contribution in [0.25, 0.3) is 10.9 Å². The van der Waals surface area contributed by atoms with Gasteiger partial charge in [0.25, 0.3) is 0 Å². The third kappa shape index (κ3) is 1.54. The maximum Gasteiger partial charge on any atom is 0.0685 e. The zero-order valence-electron chi connectivity index (χ0n) is 8.89. The lowest BCUT2D eigenvalue weighted by Crippen LogP contribution is -2.13. The molecule has 1 aliphatic rings. The summed E-state index contributed by atoms with van der Waals surface area (Å²) in [5, 5.41) is 5.80. The molecule has 0 spiro atoms. The van der Waals surface area contributed by atoms with Gasteiger partial charge in [-0.15, -0.1) is 0 Å². The van der Waals surface area contributed by atoms with Crippen molar-refractivity contribution in [3.05, 3.63) is 30.5 Å². The van der Waals surface area contributed by atoms with Gasteiger partial charge >= 0.3 is 0 Å². The molecule has 0 unspecified atom stereocenters. The van der Waals surface area contributed by atoms with Crippen LogP contribution in [0.5, 0.6) is 0 Å². The minimum Gasteiger partial charge on any atom is -0.262 e. The average molecular weight is 200 g/mol. The molecule has 2 nitrogen and oxygen atoms in total. The number of fused-ring (bicyclic) bond motifs is 1. The molecule has 0 radical (unpaired) electrons. The molecule has 3 rings (SSSR count). The molecule has 1 aromatic heterocycles. The Kier molecular flexibility index (Phi) is 2.20. The van der Waals surface area contributed by atoms with Crippen molar-refractivity contribution in [2.45, 2.75) is 38.1 Å². The van der Waals surface area contributed by atoms with Crippen LogP contribution in [0.3, 0.4) is 0 Å². The molecular weight excluding hydrogens is 184 g/mol. The second-order valence-electron chi connectivity index (χ2n) is 4.44. The largest absolute Gasteiger partial charge is 0.262 e. The molecule has 1 aromatic carbocycles. The SMILES string of the molecule is c1ccc2c(c1)cnn2C1CCCCC1. The first kappa shape index (κ1) is 8.96. The summed E-state index contributed by atoms with van der Waals surface area (Å²) in [6.07, 6.45) is 8.70. The summed E-state index contributed by atoms with van der Waals surface area (Å²) in [6, 6.07) is 9.13. The van der Waals surface area contributed by atoms with E-state index in [0.717, 1.165) is 0 Å². The van der Waals surface area contributed by atoms with E-state index in [1.54, 1.807) is 0 Å². The average Bonchev–Trinajstić information content (AvgIpc) is 2.74. The van der Waals surface area contributed by atoms with E-state index < -0.39 is 0 Å². The lowest BCUT2D eigenvalue weighted by molar-refractivity contribution is 0.337. The fourth-order valence-corrected chi connectivity index (χ4v) is 2.61. The Balaban J connectivity index is 2.02. The molecule has 1 fully saturated rings. The molecule has 0 saturated heterocycles. The van der Waals surface area contributed by atoms with E-state index in [-0.39, 0.29) is 0 Å². The van der Waals surface area contributed by atoms with Crippen molar-refractivity contribution in [3.63, 3.8) is 0 Å². The fourth-order valence-electron chi connectivity index (χ4n) is 2.61. The molecule has 0 aliphatic heterocycles. The van der Waals surface area contributed by atoms with Crippen molar-refractivity contribution in [1.29, 1.82) is 0 Å². The maximum absolute atomic E-state index is 4.54. The molecule has 1 aliphatic carbocycles. The van der Waals surface area contributed by atoms with Gasteiger partial charge in [0.05, 0.1) is 17.8 Å². The molecular formula is C13H16N2. The molecule has 0 amide bonds. The van der Waals surface area contributed by atoms with Crippen molar-refractivity contribution < 1.29 is 0 Å². The number of hydrogen-bond donors (Lipinski definition) is 0. The van der Waals surface area contributed by atoms with Crippen LogP contribution in [0.2, 0.25) is 0 Å². The quantitative estimate of drug-likeness (QED) is 0.688. The third-order valence-corrected chi connectivity index (χ3v) is 3.43. The molecule has 2 aromatic rings. The van der Waals surface area contributed by atoms with E-state index in [1.807, 2.05) is 6.20 Å². The second-order valence-corrected chi connectivity index (χ2v) is 4.44. The van der Waals surface area contributed by atoms with Crippen molar-refractivity contribution in [2.24, 2.45) is 0 Å². The van der Waals surface area contributed by atoms with Crippen LogP contribution in [0.15, 0.2) is 30.5 Å². The Labute approximate surface area is 89.9 Å². The highest BCUT2D eigenvalue weighted by molar-refractivity contribution is 5.78. The Bertz CT molecular complexity index is 452. The first-order valence-electron chi connectivity index (χ1n) is 5.87. The monoisotopic (exact) mass is 200 g/mol. The topological polar surface area (TPSA) is 17.8 Å². The minimum atomic E-state index is 0.638. The van der Waals surface area contributed by atoms with Gasteiger partial charge in [-0.25, -0.2) is 0 Å². The van der Waals surface area contributed by atoms with E-state index in [1.165, 1.54) is 43.0 Å². The van der Waals surface area contributed by atoms with Crippen LogP contribution in [0.4, 0.5) is 0 Å². The first-order chi connectivity index (χ1) is 7.45. The lowest BCUT2D eigenvalue weighted by atomic mass is 9.95. The summed E-state index contributed by atoms with van der Waals surface area (Å²) in [4.78, 5) is 0. The predicted molar refractivity (Wildman–Crippen MR) is 61.9 cm³/mol. The maximum atomic E-state index is 4.54. The van der Waals surface area contributed by atoms with Crippen LogP contribution in [0.1, 0.15) is 38.1 Å². The second kappa shape index (κ2) is 3.69. The van der Waals surface area contributed by atoms with Crippen LogP contribution < -0.4 is 0 Å². The van der Waals surface area contributed by atoms with E-state index in [0.29, 0.717) is 6.04 Å². The summed E-state index contributed by atoms with van der Waals surface area (Å²) >= 11 is 0. The Morgan fingerprint density at radius 2 is 1.87 bits per heavy atom. The molecule has 0 N–H and O–H groups in total. The number of aromatic nitrogens is 2. The summed E-state index contributed by atoms with van der Waals surface area (Å²) in [5.74, 6) is 0. The summed E-state index contributed by atoms with van der Waals surface area (Å²) in [7, 11) is 0. The number of rotatable bonds is 1. The Morgan fingerprint density at radius 1 is 1.07 bits per heavy atom. The third-order valence-electron chi connectivity index (χ3n) is 3.43. The van der Waals surface area contributed by atoms with Gasteiger partial charge in [0.2, 0.25) is 0 Å². The zero-order valence-corrected chi connectivity index (χ0v) is 8.89. The van der Waals surface area contributed by atoms with E-state index in [9.17, 15) is 0 Å². The number of hydrogen-bond acceptors (Lipinski definition) is 1. The fraction of sp³-hybridized carbons (Fsp3) is 0.462. The van der Waals surface area contributed by atoms with Crippen molar-refractivity contribution >= 4 is 10.9 Å². The van der Waals surface area contributed by atoms with Gasteiger partial charge < -0.3 is 0 Å². The van der Waals surface area contributed by atoms with E-state index in [4.69, 9.17) is 0 Å². The first-order valence-corrected chi connectivity index (χ1v) is 5.87. The van der Waals surface area contributed by atoms with Gasteiger partial charge in [0.15, 0.2) is 0 Å². The van der Waals surface area contributed by atoms with Gasteiger partial charge in [-0.1, -0.05) is 37.5 Å². The Morgan fingerprint density at radius 3 is 2.73 bits per heavy atom. The number of para-hydroxylation sites is 1. The molecule has 1 heterocycles. The predicted octanol–water partition coefficient (Wildman–Crippen LogP) is 3.54. The molecule has 78 valence electrons. The summed E-state index contributed by atoms with van der Waals surface area (Å²) in [5.41, 5.74) is 1.30. The van der Waals surface area contributed by atoms with Crippen LogP contribution in [-0.2, 0) is 0 Å². The zero-order chi connectivity index (χ0) is 10.1. The van der Waals surface area contributed by atoms with Crippen molar-refractivity contribution in [1.82, 2.24) is 9.78 Å². The van der Waals surface area contributed by atoms with Crippen LogP contribution in [-0.4, -0.2) is 9.78 Å². The lowest BCUT2D eigenvalue weighted by Gasteiger charge is -2.22. The smallest absolute Gasteiger partial charge is 0.0685 e.